The minimum absolute atomic E-state index is 0.260. The number of hydrogen-bond acceptors (Lipinski definition) is 1. The summed E-state index contributed by atoms with van der Waals surface area (Å²) >= 11 is 2.20. The van der Waals surface area contributed by atoms with Crippen molar-refractivity contribution in [3.05, 3.63) is 76.0 Å². The molecule has 3 rings (SSSR count). The Morgan fingerprint density at radius 3 is 1.76 bits per heavy atom. The first-order valence-electron chi connectivity index (χ1n) is 6.31. The van der Waals surface area contributed by atoms with Crippen LogP contribution < -0.4 is 0 Å². The Labute approximate surface area is 134 Å². The van der Waals surface area contributed by atoms with Gasteiger partial charge < -0.3 is 0 Å². The Balaban J connectivity index is 1.99. The van der Waals surface area contributed by atoms with Crippen LogP contribution in [-0.2, 0) is 0 Å². The number of hydrogen-bond donors (Lipinski definition) is 0. The molecular weight excluding hydrogens is 383 g/mol. The van der Waals surface area contributed by atoms with Crippen LogP contribution >= 0.6 is 22.6 Å². The first kappa shape index (κ1) is 14.1. The summed E-state index contributed by atoms with van der Waals surface area (Å²) in [6.45, 7) is 0. The fraction of sp³-hybridized carbons (Fsp3) is 0. The number of aromatic nitrogens is 1. The van der Waals surface area contributed by atoms with E-state index >= 15 is 0 Å². The summed E-state index contributed by atoms with van der Waals surface area (Å²) in [6, 6.07) is 14.5. The van der Waals surface area contributed by atoms with Crippen molar-refractivity contribution in [2.45, 2.75) is 0 Å². The molecule has 4 heteroatoms. The largest absolute Gasteiger partial charge is 0.254 e. The molecule has 1 aromatic heterocycles. The minimum Gasteiger partial charge on any atom is -0.254 e. The lowest BCUT2D eigenvalue weighted by atomic mass is 10.1. The maximum absolute atomic E-state index is 13.0. The Morgan fingerprint density at radius 1 is 0.714 bits per heavy atom. The Morgan fingerprint density at radius 2 is 1.24 bits per heavy atom. The van der Waals surface area contributed by atoms with Crippen LogP contribution in [0, 0.1) is 15.2 Å². The van der Waals surface area contributed by atoms with Crippen LogP contribution in [0.2, 0.25) is 0 Å². The molecule has 0 aliphatic heterocycles. The molecule has 0 atom stereocenters. The SMILES string of the molecule is Fc1ccc(-c2cnc(-c3ccc(F)cc3)c(I)c2)cc1. The first-order chi connectivity index (χ1) is 10.1. The second-order valence-corrected chi connectivity index (χ2v) is 5.73. The van der Waals surface area contributed by atoms with Crippen molar-refractivity contribution < 1.29 is 8.78 Å². The van der Waals surface area contributed by atoms with E-state index in [1.54, 1.807) is 30.5 Å². The summed E-state index contributed by atoms with van der Waals surface area (Å²) in [6.07, 6.45) is 1.74. The van der Waals surface area contributed by atoms with Crippen LogP contribution in [0.3, 0.4) is 0 Å². The fourth-order valence-electron chi connectivity index (χ4n) is 2.06. The minimum atomic E-state index is -0.267. The molecule has 1 heterocycles. The van der Waals surface area contributed by atoms with Crippen LogP contribution in [0.1, 0.15) is 0 Å². The van der Waals surface area contributed by atoms with Crippen molar-refractivity contribution in [2.75, 3.05) is 0 Å². The Hall–Kier alpha value is -1.82. The molecule has 0 aliphatic rings. The number of benzene rings is 2. The monoisotopic (exact) mass is 393 g/mol. The molecule has 0 aliphatic carbocycles. The quantitative estimate of drug-likeness (QED) is 0.539. The smallest absolute Gasteiger partial charge is 0.123 e. The summed E-state index contributed by atoms with van der Waals surface area (Å²) < 4.78 is 26.9. The zero-order valence-corrected chi connectivity index (χ0v) is 13.0. The Bertz CT molecular complexity index is 768. The third-order valence-corrected chi connectivity index (χ3v) is 3.96. The second-order valence-electron chi connectivity index (χ2n) is 4.57. The topological polar surface area (TPSA) is 12.9 Å². The summed E-state index contributed by atoms with van der Waals surface area (Å²) in [5.41, 5.74) is 3.51. The van der Waals surface area contributed by atoms with Crippen molar-refractivity contribution in [3.8, 4) is 22.4 Å². The van der Waals surface area contributed by atoms with Gasteiger partial charge in [-0.2, -0.15) is 0 Å². The molecule has 104 valence electrons. The van der Waals surface area contributed by atoms with E-state index in [2.05, 4.69) is 27.6 Å². The Kier molecular flexibility index (Phi) is 3.96. The van der Waals surface area contributed by atoms with E-state index in [0.717, 1.165) is 26.0 Å². The van der Waals surface area contributed by atoms with Gasteiger partial charge in [-0.3, -0.25) is 4.98 Å². The van der Waals surface area contributed by atoms with E-state index in [4.69, 9.17) is 0 Å². The zero-order chi connectivity index (χ0) is 14.8. The van der Waals surface area contributed by atoms with Gasteiger partial charge in [0.15, 0.2) is 0 Å². The maximum Gasteiger partial charge on any atom is 0.123 e. The van der Waals surface area contributed by atoms with Crippen molar-refractivity contribution in [1.82, 2.24) is 4.98 Å². The van der Waals surface area contributed by atoms with Gasteiger partial charge in [0, 0.05) is 20.9 Å². The average Bonchev–Trinajstić information content (AvgIpc) is 2.49. The molecule has 0 saturated heterocycles. The number of pyridine rings is 1. The molecule has 0 saturated carbocycles. The third kappa shape index (κ3) is 3.10. The van der Waals surface area contributed by atoms with Gasteiger partial charge in [-0.25, -0.2) is 8.78 Å². The molecule has 0 bridgehead atoms. The summed E-state index contributed by atoms with van der Waals surface area (Å²) in [7, 11) is 0. The lowest BCUT2D eigenvalue weighted by Crippen LogP contribution is -1.90. The fourth-order valence-corrected chi connectivity index (χ4v) is 2.84. The highest BCUT2D eigenvalue weighted by molar-refractivity contribution is 14.1. The van der Waals surface area contributed by atoms with E-state index in [0.29, 0.717) is 0 Å². The van der Waals surface area contributed by atoms with Gasteiger partial charge in [0.25, 0.3) is 0 Å². The predicted octanol–water partition coefficient (Wildman–Crippen LogP) is 5.30. The molecule has 2 aromatic carbocycles. The lowest BCUT2D eigenvalue weighted by Gasteiger charge is -2.07. The molecule has 0 unspecified atom stereocenters. The average molecular weight is 393 g/mol. The van der Waals surface area contributed by atoms with E-state index in [1.165, 1.54) is 24.3 Å². The summed E-state index contributed by atoms with van der Waals surface area (Å²) in [5.74, 6) is -0.527. The van der Waals surface area contributed by atoms with Crippen LogP contribution in [0.25, 0.3) is 22.4 Å². The highest BCUT2D eigenvalue weighted by Gasteiger charge is 2.07. The van der Waals surface area contributed by atoms with Crippen LogP contribution in [0.5, 0.6) is 0 Å². The van der Waals surface area contributed by atoms with Gasteiger partial charge >= 0.3 is 0 Å². The molecule has 3 aromatic rings. The normalized spacial score (nSPS) is 10.6. The van der Waals surface area contributed by atoms with Crippen molar-refractivity contribution in [2.24, 2.45) is 0 Å². The van der Waals surface area contributed by atoms with Gasteiger partial charge in [0.05, 0.1) is 5.69 Å². The number of nitrogens with zero attached hydrogens (tertiary/aromatic N) is 1. The van der Waals surface area contributed by atoms with E-state index in [1.807, 2.05) is 6.07 Å². The predicted molar refractivity (Wildman–Crippen MR) is 87.7 cm³/mol. The van der Waals surface area contributed by atoms with Gasteiger partial charge in [-0.1, -0.05) is 12.1 Å². The van der Waals surface area contributed by atoms with Crippen LogP contribution in [-0.4, -0.2) is 4.98 Å². The van der Waals surface area contributed by atoms with Crippen LogP contribution in [0.15, 0.2) is 60.8 Å². The zero-order valence-electron chi connectivity index (χ0n) is 10.9. The van der Waals surface area contributed by atoms with Gasteiger partial charge in [0.2, 0.25) is 0 Å². The number of rotatable bonds is 2. The first-order valence-corrected chi connectivity index (χ1v) is 7.39. The van der Waals surface area contributed by atoms with Crippen LogP contribution in [0.4, 0.5) is 8.78 Å². The number of halogens is 3. The molecule has 0 N–H and O–H groups in total. The highest BCUT2D eigenvalue weighted by atomic mass is 127. The van der Waals surface area contributed by atoms with Crippen molar-refractivity contribution in [1.29, 1.82) is 0 Å². The summed E-state index contributed by atoms with van der Waals surface area (Å²) in [4.78, 5) is 4.45. The molecule has 0 radical (unpaired) electrons. The highest BCUT2D eigenvalue weighted by Crippen LogP contribution is 2.28. The standard InChI is InChI=1S/C17H10F2IN/c18-14-5-1-11(2-6-14)13-9-16(20)17(21-10-13)12-3-7-15(19)8-4-12/h1-10H. The second kappa shape index (κ2) is 5.89. The van der Waals surface area contributed by atoms with E-state index in [-0.39, 0.29) is 11.6 Å². The molecule has 0 fully saturated rings. The molecule has 0 spiro atoms. The lowest BCUT2D eigenvalue weighted by molar-refractivity contribution is 0.627. The molecule has 1 nitrogen and oxygen atoms in total. The summed E-state index contributed by atoms with van der Waals surface area (Å²) in [5, 5.41) is 0. The molecule has 21 heavy (non-hydrogen) atoms. The third-order valence-electron chi connectivity index (χ3n) is 3.14. The molecule has 0 amide bonds. The van der Waals surface area contributed by atoms with Crippen molar-refractivity contribution in [3.63, 3.8) is 0 Å². The van der Waals surface area contributed by atoms with E-state index < -0.39 is 0 Å². The van der Waals surface area contributed by atoms with Gasteiger partial charge in [0.1, 0.15) is 11.6 Å². The van der Waals surface area contributed by atoms with Crippen molar-refractivity contribution >= 4 is 22.6 Å². The maximum atomic E-state index is 13.0. The molecular formula is C17H10F2IN. The van der Waals surface area contributed by atoms with Gasteiger partial charge in [-0.15, -0.1) is 0 Å². The van der Waals surface area contributed by atoms with Gasteiger partial charge in [-0.05, 0) is 70.6 Å². The van der Waals surface area contributed by atoms with E-state index in [9.17, 15) is 8.78 Å².